The summed E-state index contributed by atoms with van der Waals surface area (Å²) >= 11 is 5.90. The molecule has 0 saturated carbocycles. The van der Waals surface area contributed by atoms with E-state index >= 15 is 0 Å². The Bertz CT molecular complexity index is 1030. The largest absolute Gasteiger partial charge is 0.468 e. The van der Waals surface area contributed by atoms with E-state index in [4.69, 9.17) is 16.3 Å². The predicted octanol–water partition coefficient (Wildman–Crippen LogP) is 4.81. The first-order valence-electron chi connectivity index (χ1n) is 8.60. The second kappa shape index (κ2) is 8.24. The second-order valence-electron chi connectivity index (χ2n) is 6.50. The van der Waals surface area contributed by atoms with Crippen molar-refractivity contribution in [1.82, 2.24) is 14.8 Å². The Morgan fingerprint density at radius 2 is 1.90 bits per heavy atom. The van der Waals surface area contributed by atoms with Gasteiger partial charge in [-0.2, -0.15) is 18.3 Å². The Morgan fingerprint density at radius 1 is 1.21 bits per heavy atom. The standard InChI is InChI=1S/C20H17ClF3N3O2/c1-12-7-17(27(2)26-12)18(28)9-13-8-16(14-3-5-15(21)6-4-14)19(25-10-13)29-11-20(22,23)24/h3-8,10H,9,11H2,1-2H3. The number of hydrogen-bond donors (Lipinski definition) is 0. The average Bonchev–Trinajstić information content (AvgIpc) is 2.99. The van der Waals surface area contributed by atoms with Crippen LogP contribution in [0.5, 0.6) is 5.88 Å². The van der Waals surface area contributed by atoms with Gasteiger partial charge in [0.15, 0.2) is 12.4 Å². The number of halogens is 4. The SMILES string of the molecule is Cc1cc(C(=O)Cc2cnc(OCC(F)(F)F)c(-c3ccc(Cl)cc3)c2)n(C)n1. The normalized spacial score (nSPS) is 11.5. The molecule has 0 fully saturated rings. The molecule has 0 radical (unpaired) electrons. The smallest absolute Gasteiger partial charge is 0.422 e. The molecule has 0 aliphatic heterocycles. The highest BCUT2D eigenvalue weighted by Gasteiger charge is 2.29. The van der Waals surface area contributed by atoms with Crippen molar-refractivity contribution >= 4 is 17.4 Å². The summed E-state index contributed by atoms with van der Waals surface area (Å²) in [6.45, 7) is 0.316. The van der Waals surface area contributed by atoms with Gasteiger partial charge in [0, 0.05) is 30.3 Å². The first-order chi connectivity index (χ1) is 13.6. The van der Waals surface area contributed by atoms with Crippen molar-refractivity contribution in [3.63, 3.8) is 0 Å². The maximum atomic E-state index is 12.6. The van der Waals surface area contributed by atoms with Crippen LogP contribution in [0, 0.1) is 6.92 Å². The molecule has 2 heterocycles. The molecule has 0 bridgehead atoms. The highest BCUT2D eigenvalue weighted by molar-refractivity contribution is 6.30. The van der Waals surface area contributed by atoms with E-state index in [0.717, 1.165) is 0 Å². The number of rotatable bonds is 6. The number of nitrogens with zero attached hydrogens (tertiary/aromatic N) is 3. The number of ketones is 1. The summed E-state index contributed by atoms with van der Waals surface area (Å²) in [4.78, 5) is 16.6. The van der Waals surface area contributed by atoms with E-state index in [0.29, 0.717) is 33.1 Å². The van der Waals surface area contributed by atoms with Crippen LogP contribution in [-0.4, -0.2) is 33.3 Å². The molecule has 3 rings (SSSR count). The first kappa shape index (κ1) is 20.9. The quantitative estimate of drug-likeness (QED) is 0.534. The number of aromatic nitrogens is 3. The van der Waals surface area contributed by atoms with E-state index in [1.807, 2.05) is 0 Å². The van der Waals surface area contributed by atoms with Gasteiger partial charge in [-0.15, -0.1) is 0 Å². The topological polar surface area (TPSA) is 57.0 Å². The average molecular weight is 424 g/mol. The lowest BCUT2D eigenvalue weighted by molar-refractivity contribution is -0.154. The highest BCUT2D eigenvalue weighted by atomic mass is 35.5. The van der Waals surface area contributed by atoms with Crippen LogP contribution in [-0.2, 0) is 13.5 Å². The van der Waals surface area contributed by atoms with E-state index < -0.39 is 12.8 Å². The van der Waals surface area contributed by atoms with E-state index in [-0.39, 0.29) is 18.1 Å². The van der Waals surface area contributed by atoms with Crippen molar-refractivity contribution in [2.75, 3.05) is 6.61 Å². The molecule has 0 aliphatic carbocycles. The van der Waals surface area contributed by atoms with E-state index in [9.17, 15) is 18.0 Å². The molecule has 5 nitrogen and oxygen atoms in total. The number of Topliss-reactive ketones (excluding diaryl/α,β-unsaturated/α-hetero) is 1. The summed E-state index contributed by atoms with van der Waals surface area (Å²) < 4.78 is 44.1. The number of aryl methyl sites for hydroxylation is 2. The van der Waals surface area contributed by atoms with Crippen LogP contribution in [0.3, 0.4) is 0 Å². The molecule has 0 aliphatic rings. The number of pyridine rings is 1. The molecule has 0 spiro atoms. The molecule has 2 aromatic heterocycles. The Balaban J connectivity index is 1.93. The predicted molar refractivity (Wildman–Crippen MR) is 102 cm³/mol. The van der Waals surface area contributed by atoms with E-state index in [1.54, 1.807) is 50.4 Å². The van der Waals surface area contributed by atoms with E-state index in [2.05, 4.69) is 10.1 Å². The van der Waals surface area contributed by atoms with Crippen molar-refractivity contribution in [2.45, 2.75) is 19.5 Å². The molecule has 9 heteroatoms. The fraction of sp³-hybridized carbons (Fsp3) is 0.250. The third kappa shape index (κ3) is 5.35. The van der Waals surface area contributed by atoms with Crippen molar-refractivity contribution in [2.24, 2.45) is 7.05 Å². The molecule has 0 unspecified atom stereocenters. The van der Waals surface area contributed by atoms with Gasteiger partial charge in [0.1, 0.15) is 5.69 Å². The van der Waals surface area contributed by atoms with Gasteiger partial charge in [0.2, 0.25) is 5.88 Å². The summed E-state index contributed by atoms with van der Waals surface area (Å²) in [6, 6.07) is 9.80. The summed E-state index contributed by atoms with van der Waals surface area (Å²) in [6.07, 6.45) is -3.14. The van der Waals surface area contributed by atoms with Crippen molar-refractivity contribution < 1.29 is 22.7 Å². The number of carbonyl (C=O) groups excluding carboxylic acids is 1. The van der Waals surface area contributed by atoms with Gasteiger partial charge < -0.3 is 4.74 Å². The number of carbonyl (C=O) groups is 1. The molecule has 0 amide bonds. The zero-order chi connectivity index (χ0) is 21.2. The van der Waals surface area contributed by atoms with Gasteiger partial charge in [-0.1, -0.05) is 23.7 Å². The Labute approximate surface area is 170 Å². The molecule has 29 heavy (non-hydrogen) atoms. The Hall–Kier alpha value is -2.87. The van der Waals surface area contributed by atoms with Gasteiger partial charge in [-0.3, -0.25) is 9.48 Å². The summed E-state index contributed by atoms with van der Waals surface area (Å²) in [5.74, 6) is -0.349. The molecule has 3 aromatic rings. The summed E-state index contributed by atoms with van der Waals surface area (Å²) in [5.41, 5.74) is 2.61. The summed E-state index contributed by atoms with van der Waals surface area (Å²) in [7, 11) is 1.67. The van der Waals surface area contributed by atoms with Crippen molar-refractivity contribution in [3.05, 3.63) is 64.6 Å². The van der Waals surface area contributed by atoms with Gasteiger partial charge in [0.25, 0.3) is 0 Å². The van der Waals surface area contributed by atoms with Crippen LogP contribution >= 0.6 is 11.6 Å². The number of alkyl halides is 3. The zero-order valence-electron chi connectivity index (χ0n) is 15.6. The Morgan fingerprint density at radius 3 is 2.48 bits per heavy atom. The van der Waals surface area contributed by atoms with Crippen LogP contribution in [0.1, 0.15) is 21.7 Å². The molecule has 0 N–H and O–H groups in total. The fourth-order valence-electron chi connectivity index (χ4n) is 2.84. The van der Waals surface area contributed by atoms with E-state index in [1.165, 1.54) is 10.9 Å². The third-order valence-corrected chi connectivity index (χ3v) is 4.34. The molecule has 152 valence electrons. The minimum absolute atomic E-state index is 0.0200. The summed E-state index contributed by atoms with van der Waals surface area (Å²) in [5, 5.41) is 4.63. The lowest BCUT2D eigenvalue weighted by Gasteiger charge is -2.14. The van der Waals surface area contributed by atoms with Gasteiger partial charge >= 0.3 is 6.18 Å². The molecule has 0 saturated heterocycles. The fourth-order valence-corrected chi connectivity index (χ4v) is 2.97. The maximum absolute atomic E-state index is 12.6. The zero-order valence-corrected chi connectivity index (χ0v) is 16.4. The minimum atomic E-state index is -4.50. The third-order valence-electron chi connectivity index (χ3n) is 4.09. The van der Waals surface area contributed by atoms with Crippen LogP contribution < -0.4 is 4.74 Å². The Kier molecular flexibility index (Phi) is 5.93. The minimum Gasteiger partial charge on any atom is -0.468 e. The molecular formula is C20H17ClF3N3O2. The van der Waals surface area contributed by atoms with Gasteiger partial charge in [-0.25, -0.2) is 4.98 Å². The van der Waals surface area contributed by atoms with Crippen LogP contribution in [0.15, 0.2) is 42.6 Å². The van der Waals surface area contributed by atoms with Crippen LogP contribution in [0.4, 0.5) is 13.2 Å². The van der Waals surface area contributed by atoms with Gasteiger partial charge in [-0.05, 0) is 42.3 Å². The van der Waals surface area contributed by atoms with Crippen molar-refractivity contribution in [3.8, 4) is 17.0 Å². The number of hydrogen-bond acceptors (Lipinski definition) is 4. The van der Waals surface area contributed by atoms with Crippen LogP contribution in [0.2, 0.25) is 5.02 Å². The molecular weight excluding hydrogens is 407 g/mol. The highest BCUT2D eigenvalue weighted by Crippen LogP contribution is 2.31. The van der Waals surface area contributed by atoms with Crippen LogP contribution in [0.25, 0.3) is 11.1 Å². The maximum Gasteiger partial charge on any atom is 0.422 e. The lowest BCUT2D eigenvalue weighted by atomic mass is 10.0. The van der Waals surface area contributed by atoms with Crippen molar-refractivity contribution in [1.29, 1.82) is 0 Å². The van der Waals surface area contributed by atoms with Gasteiger partial charge in [0.05, 0.1) is 5.69 Å². The second-order valence-corrected chi connectivity index (χ2v) is 6.94. The number of ether oxygens (including phenoxy) is 1. The molecule has 0 atom stereocenters. The number of benzene rings is 1. The first-order valence-corrected chi connectivity index (χ1v) is 8.98. The molecule has 1 aromatic carbocycles. The monoisotopic (exact) mass is 423 g/mol. The lowest BCUT2D eigenvalue weighted by Crippen LogP contribution is -2.20.